The highest BCUT2D eigenvalue weighted by Crippen LogP contribution is 2.33. The van der Waals surface area contributed by atoms with Crippen LogP contribution < -0.4 is 10.6 Å². The summed E-state index contributed by atoms with van der Waals surface area (Å²) in [6, 6.07) is 8.88. The van der Waals surface area contributed by atoms with Crippen molar-refractivity contribution < 1.29 is 10.2 Å². The smallest absolute Gasteiger partial charge is 0.169 e. The van der Waals surface area contributed by atoms with Crippen molar-refractivity contribution >= 4 is 11.5 Å². The molecule has 7 heteroatoms. The van der Waals surface area contributed by atoms with Crippen LogP contribution in [0.4, 0.5) is 11.5 Å². The molecule has 0 aliphatic carbocycles. The maximum Gasteiger partial charge on any atom is 0.169 e. The predicted octanol–water partition coefficient (Wildman–Crippen LogP) is 1.32. The lowest BCUT2D eigenvalue weighted by Crippen LogP contribution is -2.49. The van der Waals surface area contributed by atoms with Gasteiger partial charge in [-0.05, 0) is 45.1 Å². The van der Waals surface area contributed by atoms with E-state index in [9.17, 15) is 10.2 Å². The lowest BCUT2D eigenvalue weighted by Gasteiger charge is -2.40. The number of aromatic nitrogens is 2. The molecule has 0 unspecified atom stereocenters. The molecule has 25 heavy (non-hydrogen) atoms. The van der Waals surface area contributed by atoms with Gasteiger partial charge in [0.15, 0.2) is 5.82 Å². The van der Waals surface area contributed by atoms with Crippen LogP contribution in [-0.4, -0.2) is 64.6 Å². The van der Waals surface area contributed by atoms with Crippen molar-refractivity contribution in [2.75, 3.05) is 44.4 Å². The zero-order chi connectivity index (χ0) is 18.0. The Kier molecular flexibility index (Phi) is 4.78. The molecule has 0 radical (unpaired) electrons. The van der Waals surface area contributed by atoms with Crippen molar-refractivity contribution in [3.8, 4) is 17.0 Å². The fraction of sp³-hybridized carbons (Fsp3) is 0.444. The minimum Gasteiger partial charge on any atom is -0.507 e. The Labute approximate surface area is 147 Å². The molecule has 2 aromatic rings. The molecule has 0 saturated carbocycles. The van der Waals surface area contributed by atoms with E-state index in [2.05, 4.69) is 15.1 Å². The third-order valence-corrected chi connectivity index (χ3v) is 4.63. The van der Waals surface area contributed by atoms with E-state index in [4.69, 9.17) is 5.73 Å². The number of likely N-dealkylation sites (N-methyl/N-ethyl adjacent to an activating group) is 1. The Morgan fingerprint density at radius 3 is 2.52 bits per heavy atom. The molecule has 3 rings (SSSR count). The molecule has 134 valence electrons. The summed E-state index contributed by atoms with van der Waals surface area (Å²) in [6.07, 6.45) is 1.33. The van der Waals surface area contributed by atoms with Gasteiger partial charge in [0.2, 0.25) is 0 Å². The monoisotopic (exact) mass is 343 g/mol. The van der Waals surface area contributed by atoms with Gasteiger partial charge >= 0.3 is 0 Å². The quantitative estimate of drug-likeness (QED) is 0.770. The second-order valence-corrected chi connectivity index (χ2v) is 6.97. The first-order valence-corrected chi connectivity index (χ1v) is 8.42. The van der Waals surface area contributed by atoms with E-state index in [0.717, 1.165) is 5.69 Å². The molecule has 0 amide bonds. The fourth-order valence-corrected chi connectivity index (χ4v) is 3.38. The zero-order valence-electron chi connectivity index (χ0n) is 14.7. The van der Waals surface area contributed by atoms with Crippen LogP contribution in [0.1, 0.15) is 12.8 Å². The number of para-hydroxylation sites is 1. The molecule has 1 aromatic carbocycles. The largest absolute Gasteiger partial charge is 0.507 e. The minimum atomic E-state index is -0.671. The second-order valence-electron chi connectivity index (χ2n) is 6.97. The maximum absolute atomic E-state index is 10.7. The van der Waals surface area contributed by atoms with Crippen LogP contribution in [0.15, 0.2) is 30.3 Å². The first-order valence-electron chi connectivity index (χ1n) is 8.42. The summed E-state index contributed by atoms with van der Waals surface area (Å²) >= 11 is 0. The summed E-state index contributed by atoms with van der Waals surface area (Å²) in [7, 11) is 3.93. The summed E-state index contributed by atoms with van der Waals surface area (Å²) in [5.74, 6) is 0.517. The average molecular weight is 343 g/mol. The molecule has 4 N–H and O–H groups in total. The van der Waals surface area contributed by atoms with Crippen molar-refractivity contribution in [2.24, 2.45) is 0 Å². The molecule has 1 aromatic heterocycles. The van der Waals surface area contributed by atoms with Crippen LogP contribution in [0.5, 0.6) is 5.75 Å². The molecule has 1 saturated heterocycles. The van der Waals surface area contributed by atoms with Gasteiger partial charge in [0.05, 0.1) is 17.0 Å². The molecule has 1 aliphatic heterocycles. The first-order chi connectivity index (χ1) is 11.9. The van der Waals surface area contributed by atoms with E-state index >= 15 is 0 Å². The number of piperidine rings is 1. The number of nitrogens with two attached hydrogens (primary N) is 1. The molecule has 1 fully saturated rings. The van der Waals surface area contributed by atoms with Gasteiger partial charge in [-0.2, -0.15) is 0 Å². The lowest BCUT2D eigenvalue weighted by atomic mass is 9.90. The number of nitrogens with zero attached hydrogens (tertiary/aromatic N) is 4. The second kappa shape index (κ2) is 6.85. The summed E-state index contributed by atoms with van der Waals surface area (Å²) in [5, 5.41) is 28.9. The summed E-state index contributed by atoms with van der Waals surface area (Å²) in [6.45, 7) is 2.04. The third-order valence-electron chi connectivity index (χ3n) is 4.63. The number of anilines is 2. The zero-order valence-corrected chi connectivity index (χ0v) is 14.7. The number of nitrogen functional groups attached to an aromatic ring is 1. The van der Waals surface area contributed by atoms with Crippen LogP contribution in [0.2, 0.25) is 0 Å². The Morgan fingerprint density at radius 1 is 1.20 bits per heavy atom. The lowest BCUT2D eigenvalue weighted by molar-refractivity contribution is -0.00536. The highest BCUT2D eigenvalue weighted by molar-refractivity contribution is 5.74. The molecule has 0 bridgehead atoms. The number of hydrogen-bond donors (Lipinski definition) is 3. The average Bonchev–Trinajstić information content (AvgIpc) is 2.56. The van der Waals surface area contributed by atoms with Gasteiger partial charge in [-0.3, -0.25) is 0 Å². The number of hydrogen-bond acceptors (Lipinski definition) is 7. The van der Waals surface area contributed by atoms with E-state index in [1.54, 1.807) is 18.2 Å². The van der Waals surface area contributed by atoms with Gasteiger partial charge in [-0.15, -0.1) is 10.2 Å². The number of rotatable bonds is 4. The van der Waals surface area contributed by atoms with Crippen molar-refractivity contribution in [3.63, 3.8) is 0 Å². The summed E-state index contributed by atoms with van der Waals surface area (Å²) < 4.78 is 0. The first kappa shape index (κ1) is 17.4. The van der Waals surface area contributed by atoms with E-state index in [1.807, 2.05) is 31.1 Å². The topological polar surface area (TPSA) is 98.7 Å². The Hall–Kier alpha value is -2.38. The maximum atomic E-state index is 10.7. The van der Waals surface area contributed by atoms with Crippen molar-refractivity contribution in [1.82, 2.24) is 15.1 Å². The fourth-order valence-electron chi connectivity index (χ4n) is 3.38. The standard InChI is InChI=1S/C18H25N5O2/c1-22(2)12-18(25)7-9-23(10-8-18)15-11-14(20-21-17(15)19)13-5-3-4-6-16(13)24/h3-6,11,24-25H,7-10,12H2,1-2H3,(H2,19,21). The Bertz CT molecular complexity index is 742. The highest BCUT2D eigenvalue weighted by atomic mass is 16.3. The summed E-state index contributed by atoms with van der Waals surface area (Å²) in [4.78, 5) is 4.13. The number of benzene rings is 1. The highest BCUT2D eigenvalue weighted by Gasteiger charge is 2.33. The van der Waals surface area contributed by atoms with Crippen LogP contribution in [0.25, 0.3) is 11.3 Å². The van der Waals surface area contributed by atoms with E-state index in [0.29, 0.717) is 49.6 Å². The number of aromatic hydroxyl groups is 1. The van der Waals surface area contributed by atoms with Crippen molar-refractivity contribution in [3.05, 3.63) is 30.3 Å². The van der Waals surface area contributed by atoms with E-state index < -0.39 is 5.60 Å². The minimum absolute atomic E-state index is 0.159. The molecular weight excluding hydrogens is 318 g/mol. The molecule has 0 atom stereocenters. The van der Waals surface area contributed by atoms with Gasteiger partial charge < -0.3 is 25.7 Å². The Morgan fingerprint density at radius 2 is 1.88 bits per heavy atom. The van der Waals surface area contributed by atoms with Crippen LogP contribution in [-0.2, 0) is 0 Å². The number of phenols is 1. The predicted molar refractivity (Wildman–Crippen MR) is 98.5 cm³/mol. The van der Waals surface area contributed by atoms with Crippen molar-refractivity contribution in [2.45, 2.75) is 18.4 Å². The van der Waals surface area contributed by atoms with Crippen LogP contribution in [0.3, 0.4) is 0 Å². The van der Waals surface area contributed by atoms with Gasteiger partial charge in [0.1, 0.15) is 5.75 Å². The van der Waals surface area contributed by atoms with Gasteiger partial charge in [0.25, 0.3) is 0 Å². The van der Waals surface area contributed by atoms with Crippen LogP contribution >= 0.6 is 0 Å². The van der Waals surface area contributed by atoms with Gasteiger partial charge in [-0.25, -0.2) is 0 Å². The SMILES string of the molecule is CN(C)CC1(O)CCN(c2cc(-c3ccccc3O)nnc2N)CC1. The molecular formula is C18H25N5O2. The Balaban J connectivity index is 1.82. The number of aliphatic hydroxyl groups is 1. The van der Waals surface area contributed by atoms with E-state index in [-0.39, 0.29) is 5.75 Å². The van der Waals surface area contributed by atoms with Crippen molar-refractivity contribution in [1.29, 1.82) is 0 Å². The molecule has 2 heterocycles. The van der Waals surface area contributed by atoms with Crippen LogP contribution in [0, 0.1) is 0 Å². The van der Waals surface area contributed by atoms with Gasteiger partial charge in [-0.1, -0.05) is 12.1 Å². The number of phenolic OH excluding ortho intramolecular Hbond substituents is 1. The molecule has 0 spiro atoms. The summed E-state index contributed by atoms with van der Waals surface area (Å²) in [5.41, 5.74) is 7.36. The third kappa shape index (κ3) is 3.83. The van der Waals surface area contributed by atoms with Gasteiger partial charge in [0, 0.05) is 25.2 Å². The molecule has 1 aliphatic rings. The van der Waals surface area contributed by atoms with E-state index in [1.165, 1.54) is 0 Å². The normalized spacial score (nSPS) is 17.0. The molecule has 7 nitrogen and oxygen atoms in total.